The molecule has 0 saturated carbocycles. The summed E-state index contributed by atoms with van der Waals surface area (Å²) >= 11 is 0. The summed E-state index contributed by atoms with van der Waals surface area (Å²) < 4.78 is 5.17. The van der Waals surface area contributed by atoms with Gasteiger partial charge in [0.1, 0.15) is 5.60 Å². The summed E-state index contributed by atoms with van der Waals surface area (Å²) in [5.41, 5.74) is 4.50. The fourth-order valence-corrected chi connectivity index (χ4v) is 1.73. The van der Waals surface area contributed by atoms with Gasteiger partial charge in [0.25, 0.3) is 0 Å². The Morgan fingerprint density at radius 1 is 1.17 bits per heavy atom. The molecule has 2 N–H and O–H groups in total. The number of hydrogen-bond donors (Lipinski definition) is 2. The number of nitrogens with zero attached hydrogens (tertiary/aromatic N) is 3. The summed E-state index contributed by atoms with van der Waals surface area (Å²) in [5, 5.41) is 6.79. The van der Waals surface area contributed by atoms with Crippen molar-refractivity contribution < 1.29 is 9.53 Å². The molecular formula is C17H21N5O2. The third-order valence-electron chi connectivity index (χ3n) is 2.77. The van der Waals surface area contributed by atoms with Crippen molar-refractivity contribution in [3.05, 3.63) is 48.3 Å². The lowest BCUT2D eigenvalue weighted by Gasteiger charge is -2.19. The van der Waals surface area contributed by atoms with E-state index in [0.29, 0.717) is 11.4 Å². The number of ether oxygens (including phenoxy) is 1. The van der Waals surface area contributed by atoms with Gasteiger partial charge in [-0.3, -0.25) is 10.7 Å². The van der Waals surface area contributed by atoms with Gasteiger partial charge < -0.3 is 4.74 Å². The van der Waals surface area contributed by atoms with Gasteiger partial charge in [0, 0.05) is 6.20 Å². The van der Waals surface area contributed by atoms with Crippen LogP contribution in [0.1, 0.15) is 33.4 Å². The maximum absolute atomic E-state index is 11.8. The zero-order chi connectivity index (χ0) is 17.6. The maximum atomic E-state index is 11.8. The van der Waals surface area contributed by atoms with E-state index in [1.54, 1.807) is 33.0 Å². The van der Waals surface area contributed by atoms with E-state index in [0.717, 1.165) is 5.69 Å². The number of aromatic nitrogens is 2. The highest BCUT2D eigenvalue weighted by Crippen LogP contribution is 2.10. The van der Waals surface area contributed by atoms with E-state index in [1.807, 2.05) is 37.3 Å². The van der Waals surface area contributed by atoms with Crippen LogP contribution in [0.3, 0.4) is 0 Å². The lowest BCUT2D eigenvalue weighted by molar-refractivity contribution is 0.0634. The van der Waals surface area contributed by atoms with Crippen LogP contribution in [0.15, 0.2) is 47.7 Å². The number of anilines is 2. The normalized spacial score (nSPS) is 11.8. The Bertz CT molecular complexity index is 723. The summed E-state index contributed by atoms with van der Waals surface area (Å²) in [4.78, 5) is 20.0. The van der Waals surface area contributed by atoms with Crippen molar-refractivity contribution in [2.45, 2.75) is 33.3 Å². The molecule has 0 unspecified atom stereocenters. The number of amides is 1. The highest BCUT2D eigenvalue weighted by Gasteiger charge is 2.17. The molecule has 2 aromatic rings. The van der Waals surface area contributed by atoms with Crippen LogP contribution in [0.25, 0.3) is 0 Å². The smallest absolute Gasteiger partial charge is 0.414 e. The second-order valence-electron chi connectivity index (χ2n) is 6.07. The number of hydrazone groups is 1. The predicted molar refractivity (Wildman–Crippen MR) is 94.2 cm³/mol. The number of para-hydroxylation sites is 1. The molecule has 1 amide bonds. The van der Waals surface area contributed by atoms with Gasteiger partial charge in [0.05, 0.1) is 17.1 Å². The van der Waals surface area contributed by atoms with Crippen molar-refractivity contribution in [2.75, 3.05) is 10.7 Å². The van der Waals surface area contributed by atoms with Crippen LogP contribution in [0.4, 0.5) is 16.4 Å². The molecule has 7 heteroatoms. The first kappa shape index (κ1) is 17.4. The van der Waals surface area contributed by atoms with Gasteiger partial charge in [-0.25, -0.2) is 14.8 Å². The van der Waals surface area contributed by atoms with E-state index in [9.17, 15) is 4.79 Å². The van der Waals surface area contributed by atoms with Crippen LogP contribution in [0, 0.1) is 0 Å². The van der Waals surface area contributed by atoms with Gasteiger partial charge in [0.2, 0.25) is 5.95 Å². The van der Waals surface area contributed by atoms with E-state index >= 15 is 0 Å². The van der Waals surface area contributed by atoms with Gasteiger partial charge in [-0.15, -0.1) is 0 Å². The Hall–Kier alpha value is -2.96. The van der Waals surface area contributed by atoms with Crippen LogP contribution < -0.4 is 10.7 Å². The van der Waals surface area contributed by atoms with Gasteiger partial charge in [0.15, 0.2) is 0 Å². The van der Waals surface area contributed by atoms with Crippen molar-refractivity contribution in [3.8, 4) is 0 Å². The average molecular weight is 327 g/mol. The molecule has 0 fully saturated rings. The van der Waals surface area contributed by atoms with E-state index in [-0.39, 0.29) is 5.95 Å². The van der Waals surface area contributed by atoms with Gasteiger partial charge in [-0.1, -0.05) is 18.2 Å². The second kappa shape index (κ2) is 7.54. The quantitative estimate of drug-likeness (QED) is 0.661. The Morgan fingerprint density at radius 3 is 2.54 bits per heavy atom. The molecule has 0 atom stereocenters. The summed E-state index contributed by atoms with van der Waals surface area (Å²) in [5.74, 6) is 0.163. The molecule has 1 heterocycles. The van der Waals surface area contributed by atoms with Gasteiger partial charge >= 0.3 is 6.09 Å². The third kappa shape index (κ3) is 5.68. The highest BCUT2D eigenvalue weighted by molar-refractivity contribution is 5.97. The summed E-state index contributed by atoms with van der Waals surface area (Å²) in [7, 11) is 0. The van der Waals surface area contributed by atoms with Crippen LogP contribution in [-0.2, 0) is 4.74 Å². The molecule has 126 valence electrons. The number of carbonyl (C=O) groups excluding carboxylic acids is 1. The first-order valence-corrected chi connectivity index (χ1v) is 7.52. The molecule has 2 rings (SSSR count). The third-order valence-corrected chi connectivity index (χ3v) is 2.77. The molecule has 0 aliphatic rings. The zero-order valence-electron chi connectivity index (χ0n) is 14.2. The fourth-order valence-electron chi connectivity index (χ4n) is 1.73. The molecule has 7 nitrogen and oxygen atoms in total. The molecule has 0 saturated heterocycles. The van der Waals surface area contributed by atoms with E-state index in [1.165, 1.54) is 0 Å². The molecule has 0 spiro atoms. The topological polar surface area (TPSA) is 88.5 Å². The Morgan fingerprint density at radius 2 is 1.88 bits per heavy atom. The fraction of sp³-hybridized carbons (Fsp3) is 0.294. The van der Waals surface area contributed by atoms with Crippen molar-refractivity contribution in [1.29, 1.82) is 0 Å². The summed E-state index contributed by atoms with van der Waals surface area (Å²) in [6, 6.07) is 11.3. The molecule has 1 aromatic heterocycles. The standard InChI is InChI=1S/C17H21N5O2/c1-12(21-22-13-8-6-5-7-9-13)14-10-11-18-15(19-14)20-16(23)24-17(2,3)4/h5-11,22H,1-4H3,(H,18,19,20,23)/b21-12-. The van der Waals surface area contributed by atoms with Crippen molar-refractivity contribution in [2.24, 2.45) is 5.10 Å². The van der Waals surface area contributed by atoms with Crippen LogP contribution in [-0.4, -0.2) is 27.4 Å². The number of rotatable bonds is 4. The predicted octanol–water partition coefficient (Wildman–Crippen LogP) is 3.66. The Kier molecular flexibility index (Phi) is 5.47. The average Bonchev–Trinajstić information content (AvgIpc) is 2.52. The van der Waals surface area contributed by atoms with E-state index in [4.69, 9.17) is 4.74 Å². The molecule has 24 heavy (non-hydrogen) atoms. The Balaban J connectivity index is 2.05. The lowest BCUT2D eigenvalue weighted by Crippen LogP contribution is -2.28. The molecule has 0 aliphatic carbocycles. The number of nitrogens with one attached hydrogen (secondary N) is 2. The van der Waals surface area contributed by atoms with E-state index < -0.39 is 11.7 Å². The number of hydrogen-bond acceptors (Lipinski definition) is 6. The van der Waals surface area contributed by atoms with Crippen molar-refractivity contribution >= 4 is 23.4 Å². The van der Waals surface area contributed by atoms with Crippen LogP contribution in [0.5, 0.6) is 0 Å². The minimum atomic E-state index is -0.600. The molecule has 1 aromatic carbocycles. The molecule has 0 radical (unpaired) electrons. The van der Waals surface area contributed by atoms with Crippen LogP contribution >= 0.6 is 0 Å². The summed E-state index contributed by atoms with van der Waals surface area (Å²) in [6.45, 7) is 7.18. The summed E-state index contributed by atoms with van der Waals surface area (Å²) in [6.07, 6.45) is 0.952. The lowest BCUT2D eigenvalue weighted by atomic mass is 10.2. The first-order valence-electron chi connectivity index (χ1n) is 7.52. The van der Waals surface area contributed by atoms with Crippen molar-refractivity contribution in [1.82, 2.24) is 9.97 Å². The maximum Gasteiger partial charge on any atom is 0.414 e. The highest BCUT2D eigenvalue weighted by atomic mass is 16.6. The molecule has 0 aliphatic heterocycles. The van der Waals surface area contributed by atoms with E-state index in [2.05, 4.69) is 25.8 Å². The monoisotopic (exact) mass is 327 g/mol. The largest absolute Gasteiger partial charge is 0.444 e. The second-order valence-corrected chi connectivity index (χ2v) is 6.07. The van der Waals surface area contributed by atoms with Gasteiger partial charge in [-0.2, -0.15) is 5.10 Å². The van der Waals surface area contributed by atoms with Crippen molar-refractivity contribution in [3.63, 3.8) is 0 Å². The minimum Gasteiger partial charge on any atom is -0.444 e. The zero-order valence-corrected chi connectivity index (χ0v) is 14.2. The Labute approximate surface area is 141 Å². The van der Waals surface area contributed by atoms with Crippen LogP contribution in [0.2, 0.25) is 0 Å². The number of benzene rings is 1. The molecule has 0 bridgehead atoms. The SMILES string of the molecule is C/C(=N/Nc1ccccc1)c1ccnc(NC(=O)OC(C)(C)C)n1. The van der Waals surface area contributed by atoms with Gasteiger partial charge in [-0.05, 0) is 45.9 Å². The first-order chi connectivity index (χ1) is 11.3. The number of carbonyl (C=O) groups is 1. The minimum absolute atomic E-state index is 0.163. The molecular weight excluding hydrogens is 306 g/mol.